The van der Waals surface area contributed by atoms with Crippen LogP contribution in [0, 0.1) is 0 Å². The summed E-state index contributed by atoms with van der Waals surface area (Å²) in [5, 5.41) is 8.68. The molecule has 0 aliphatic rings. The van der Waals surface area contributed by atoms with Gasteiger partial charge in [-0.05, 0) is 17.7 Å². The van der Waals surface area contributed by atoms with Crippen molar-refractivity contribution >= 4 is 5.97 Å². The van der Waals surface area contributed by atoms with E-state index in [-0.39, 0.29) is 6.61 Å². The molecule has 106 valence electrons. The fourth-order valence-corrected chi connectivity index (χ4v) is 1.22. The zero-order valence-corrected chi connectivity index (χ0v) is 10.1. The maximum absolute atomic E-state index is 12.0. The molecular weight excluding hydrogens is 265 g/mol. The maximum Gasteiger partial charge on any atom is 0.414 e. The molecule has 0 heterocycles. The van der Waals surface area contributed by atoms with Gasteiger partial charge in [0.1, 0.15) is 12.4 Å². The number of esters is 1. The number of hydrogen-bond acceptors (Lipinski definition) is 4. The number of aliphatic hydroxyl groups excluding tert-OH is 1. The smallest absolute Gasteiger partial charge is 0.414 e. The van der Waals surface area contributed by atoms with Gasteiger partial charge in [0, 0.05) is 0 Å². The monoisotopic (exact) mass is 278 g/mol. The van der Waals surface area contributed by atoms with Crippen LogP contribution in [0.4, 0.5) is 13.2 Å². The molecule has 0 saturated heterocycles. The minimum absolute atomic E-state index is 0.159. The first-order valence-electron chi connectivity index (χ1n) is 5.36. The van der Waals surface area contributed by atoms with Crippen LogP contribution in [0.2, 0.25) is 0 Å². The van der Waals surface area contributed by atoms with E-state index in [1.807, 2.05) is 0 Å². The fourth-order valence-electron chi connectivity index (χ4n) is 1.22. The molecule has 0 aliphatic carbocycles. The Labute approximate surface area is 107 Å². The van der Waals surface area contributed by atoms with Crippen LogP contribution in [0.3, 0.4) is 0 Å². The van der Waals surface area contributed by atoms with Gasteiger partial charge in [0.15, 0.2) is 6.10 Å². The van der Waals surface area contributed by atoms with Crippen LogP contribution in [-0.2, 0) is 16.1 Å². The molecule has 19 heavy (non-hydrogen) atoms. The number of halogens is 3. The van der Waals surface area contributed by atoms with Crippen LogP contribution >= 0.6 is 0 Å². The van der Waals surface area contributed by atoms with E-state index >= 15 is 0 Å². The minimum Gasteiger partial charge on any atom is -0.497 e. The van der Waals surface area contributed by atoms with Crippen LogP contribution < -0.4 is 4.74 Å². The van der Waals surface area contributed by atoms with Crippen molar-refractivity contribution < 1.29 is 32.5 Å². The number of hydrogen-bond donors (Lipinski definition) is 1. The van der Waals surface area contributed by atoms with E-state index in [4.69, 9.17) is 9.84 Å². The summed E-state index contributed by atoms with van der Waals surface area (Å²) >= 11 is 0. The normalized spacial score (nSPS) is 12.9. The minimum atomic E-state index is -4.82. The molecule has 1 aromatic rings. The van der Waals surface area contributed by atoms with Crippen LogP contribution in [0.1, 0.15) is 12.0 Å². The second-order valence-electron chi connectivity index (χ2n) is 3.77. The van der Waals surface area contributed by atoms with Crippen molar-refractivity contribution in [3.63, 3.8) is 0 Å². The van der Waals surface area contributed by atoms with E-state index < -0.39 is 24.7 Å². The Morgan fingerprint density at radius 2 is 1.89 bits per heavy atom. The summed E-state index contributed by atoms with van der Waals surface area (Å²) in [5.74, 6) is -0.497. The standard InChI is InChI=1S/C12H13F3O4/c1-18-9-4-2-8(3-5-9)7-19-11(17)6-10(16)12(13,14)15/h2-5,10,16H,6-7H2,1H3/t10-/m0/s1. The Hall–Kier alpha value is -1.76. The highest BCUT2D eigenvalue weighted by molar-refractivity contribution is 5.70. The first-order valence-corrected chi connectivity index (χ1v) is 5.36. The molecule has 7 heteroatoms. The molecule has 0 amide bonds. The van der Waals surface area contributed by atoms with Gasteiger partial charge in [0.2, 0.25) is 0 Å². The largest absolute Gasteiger partial charge is 0.497 e. The van der Waals surface area contributed by atoms with E-state index in [1.54, 1.807) is 24.3 Å². The van der Waals surface area contributed by atoms with Crippen molar-refractivity contribution in [2.24, 2.45) is 0 Å². The Morgan fingerprint density at radius 3 is 2.37 bits per heavy atom. The number of aliphatic hydroxyl groups is 1. The van der Waals surface area contributed by atoms with Gasteiger partial charge in [-0.15, -0.1) is 0 Å². The summed E-state index contributed by atoms with van der Waals surface area (Å²) in [7, 11) is 1.49. The summed E-state index contributed by atoms with van der Waals surface area (Å²) in [5.41, 5.74) is 0.607. The number of methoxy groups -OCH3 is 1. The first kappa shape index (κ1) is 15.3. The number of carbonyl (C=O) groups is 1. The van der Waals surface area contributed by atoms with Crippen LogP contribution in [-0.4, -0.2) is 30.5 Å². The van der Waals surface area contributed by atoms with Crippen LogP contribution in [0.15, 0.2) is 24.3 Å². The number of benzene rings is 1. The van der Waals surface area contributed by atoms with E-state index in [0.29, 0.717) is 11.3 Å². The zero-order chi connectivity index (χ0) is 14.5. The van der Waals surface area contributed by atoms with Crippen molar-refractivity contribution in [3.8, 4) is 5.75 Å². The predicted octanol–water partition coefficient (Wildman–Crippen LogP) is 2.05. The Morgan fingerprint density at radius 1 is 1.32 bits per heavy atom. The van der Waals surface area contributed by atoms with Gasteiger partial charge in [-0.3, -0.25) is 4.79 Å². The Kier molecular flexibility index (Phi) is 5.17. The van der Waals surface area contributed by atoms with Crippen LogP contribution in [0.25, 0.3) is 0 Å². The molecule has 0 fully saturated rings. The molecule has 1 atom stereocenters. The number of rotatable bonds is 5. The second-order valence-corrected chi connectivity index (χ2v) is 3.77. The van der Waals surface area contributed by atoms with Gasteiger partial charge in [0.25, 0.3) is 0 Å². The van der Waals surface area contributed by atoms with Crippen LogP contribution in [0.5, 0.6) is 5.75 Å². The van der Waals surface area contributed by atoms with E-state index in [9.17, 15) is 18.0 Å². The van der Waals surface area contributed by atoms with Crippen molar-refractivity contribution in [2.75, 3.05) is 7.11 Å². The molecule has 0 spiro atoms. The molecule has 0 bridgehead atoms. The lowest BCUT2D eigenvalue weighted by atomic mass is 10.2. The summed E-state index contributed by atoms with van der Waals surface area (Å²) in [6, 6.07) is 6.50. The summed E-state index contributed by atoms with van der Waals surface area (Å²) in [6.07, 6.45) is -8.63. The number of carbonyl (C=O) groups excluding carboxylic acids is 1. The lowest BCUT2D eigenvalue weighted by molar-refractivity contribution is -0.209. The van der Waals surface area contributed by atoms with E-state index in [2.05, 4.69) is 4.74 Å². The highest BCUT2D eigenvalue weighted by Crippen LogP contribution is 2.22. The maximum atomic E-state index is 12.0. The van der Waals surface area contributed by atoms with Gasteiger partial charge in [-0.25, -0.2) is 0 Å². The molecule has 0 radical (unpaired) electrons. The summed E-state index contributed by atoms with van der Waals surface area (Å²) < 4.78 is 45.5. The third-order valence-corrected chi connectivity index (χ3v) is 2.30. The molecule has 0 aromatic heterocycles. The van der Waals surface area contributed by atoms with E-state index in [0.717, 1.165) is 0 Å². The fraction of sp³-hybridized carbons (Fsp3) is 0.417. The number of alkyl halides is 3. The lowest BCUT2D eigenvalue weighted by Gasteiger charge is -2.13. The van der Waals surface area contributed by atoms with Gasteiger partial charge < -0.3 is 14.6 Å². The third-order valence-electron chi connectivity index (χ3n) is 2.30. The molecule has 0 unspecified atom stereocenters. The van der Waals surface area contributed by atoms with Crippen molar-refractivity contribution in [3.05, 3.63) is 29.8 Å². The van der Waals surface area contributed by atoms with Gasteiger partial charge >= 0.3 is 12.1 Å². The number of ether oxygens (including phenoxy) is 2. The van der Waals surface area contributed by atoms with Gasteiger partial charge in [0.05, 0.1) is 13.5 Å². The van der Waals surface area contributed by atoms with Crippen molar-refractivity contribution in [1.29, 1.82) is 0 Å². The highest BCUT2D eigenvalue weighted by Gasteiger charge is 2.39. The predicted molar refractivity (Wildman–Crippen MR) is 59.5 cm³/mol. The molecule has 1 N–H and O–H groups in total. The van der Waals surface area contributed by atoms with Gasteiger partial charge in [-0.1, -0.05) is 12.1 Å². The Bertz CT molecular complexity index is 414. The molecule has 0 saturated carbocycles. The SMILES string of the molecule is COc1ccc(COC(=O)C[C@H](O)C(F)(F)F)cc1. The van der Waals surface area contributed by atoms with Crippen molar-refractivity contribution in [1.82, 2.24) is 0 Å². The second kappa shape index (κ2) is 6.42. The molecule has 4 nitrogen and oxygen atoms in total. The average molecular weight is 278 g/mol. The zero-order valence-electron chi connectivity index (χ0n) is 10.1. The average Bonchev–Trinajstić information content (AvgIpc) is 2.35. The van der Waals surface area contributed by atoms with Crippen molar-refractivity contribution in [2.45, 2.75) is 25.3 Å². The molecular formula is C12H13F3O4. The first-order chi connectivity index (χ1) is 8.82. The topological polar surface area (TPSA) is 55.8 Å². The summed E-state index contributed by atoms with van der Waals surface area (Å²) in [4.78, 5) is 11.1. The molecule has 1 aromatic carbocycles. The third kappa shape index (κ3) is 5.17. The molecule has 1 rings (SSSR count). The Balaban J connectivity index is 2.41. The van der Waals surface area contributed by atoms with E-state index in [1.165, 1.54) is 7.11 Å². The molecule has 0 aliphatic heterocycles. The summed E-state index contributed by atoms with van der Waals surface area (Å²) in [6.45, 7) is -0.159. The van der Waals surface area contributed by atoms with Gasteiger partial charge in [-0.2, -0.15) is 13.2 Å². The highest BCUT2D eigenvalue weighted by atomic mass is 19.4. The quantitative estimate of drug-likeness (QED) is 0.837. The lowest BCUT2D eigenvalue weighted by Crippen LogP contribution is -2.31.